The number of imidazole rings is 1. The summed E-state index contributed by atoms with van der Waals surface area (Å²) in [5, 5.41) is 9.27. The Labute approximate surface area is 124 Å². The Morgan fingerprint density at radius 1 is 1.29 bits per heavy atom. The average Bonchev–Trinajstić information content (AvgIpc) is 2.91. The molecule has 0 aliphatic carbocycles. The van der Waals surface area contributed by atoms with Crippen molar-refractivity contribution in [2.45, 2.75) is 31.8 Å². The lowest BCUT2D eigenvalue weighted by Crippen LogP contribution is -2.27. The zero-order valence-electron chi connectivity index (χ0n) is 12.0. The van der Waals surface area contributed by atoms with E-state index in [9.17, 15) is 13.5 Å². The second-order valence-corrected chi connectivity index (χ2v) is 6.62. The lowest BCUT2D eigenvalue weighted by molar-refractivity contribution is 0.280. The first-order chi connectivity index (χ1) is 9.94. The van der Waals surface area contributed by atoms with E-state index < -0.39 is 10.0 Å². The molecule has 0 bridgehead atoms. The van der Waals surface area contributed by atoms with Crippen molar-refractivity contribution in [3.05, 3.63) is 47.0 Å². The van der Waals surface area contributed by atoms with Crippen LogP contribution in [0.15, 0.2) is 29.4 Å². The van der Waals surface area contributed by atoms with Crippen LogP contribution < -0.4 is 4.72 Å². The fraction of sp³-hybridized carbons (Fsp3) is 0.357. The van der Waals surface area contributed by atoms with Gasteiger partial charge in [-0.2, -0.15) is 0 Å². The Hall–Kier alpha value is -1.70. The van der Waals surface area contributed by atoms with Gasteiger partial charge >= 0.3 is 0 Å². The SMILES string of the molecule is Cc1cc(C)c(S(=O)(=O)NCCc2ncc[nH]2)cc1CO. The van der Waals surface area contributed by atoms with E-state index in [4.69, 9.17) is 0 Å². The largest absolute Gasteiger partial charge is 0.392 e. The summed E-state index contributed by atoms with van der Waals surface area (Å²) in [7, 11) is -3.60. The van der Waals surface area contributed by atoms with Crippen LogP contribution in [-0.4, -0.2) is 30.0 Å². The first-order valence-electron chi connectivity index (χ1n) is 6.63. The van der Waals surface area contributed by atoms with Crippen molar-refractivity contribution in [1.82, 2.24) is 14.7 Å². The van der Waals surface area contributed by atoms with Gasteiger partial charge in [-0.3, -0.25) is 0 Å². The normalized spacial score (nSPS) is 11.8. The van der Waals surface area contributed by atoms with E-state index in [1.165, 1.54) is 6.07 Å². The highest BCUT2D eigenvalue weighted by molar-refractivity contribution is 7.89. The number of sulfonamides is 1. The summed E-state index contributed by atoms with van der Waals surface area (Å²) >= 11 is 0. The molecule has 21 heavy (non-hydrogen) atoms. The molecule has 2 aromatic rings. The lowest BCUT2D eigenvalue weighted by Gasteiger charge is -2.12. The summed E-state index contributed by atoms with van der Waals surface area (Å²) in [4.78, 5) is 7.17. The zero-order valence-corrected chi connectivity index (χ0v) is 12.9. The number of nitrogens with one attached hydrogen (secondary N) is 2. The molecule has 0 fully saturated rings. The number of H-pyrrole nitrogens is 1. The van der Waals surface area contributed by atoms with Crippen molar-refractivity contribution in [2.24, 2.45) is 0 Å². The van der Waals surface area contributed by atoms with Gasteiger partial charge in [0, 0.05) is 25.4 Å². The molecule has 0 unspecified atom stereocenters. The monoisotopic (exact) mass is 309 g/mol. The minimum absolute atomic E-state index is 0.180. The van der Waals surface area contributed by atoms with Crippen LogP contribution in [0.2, 0.25) is 0 Å². The number of benzene rings is 1. The zero-order chi connectivity index (χ0) is 15.5. The molecule has 0 aliphatic rings. The van der Waals surface area contributed by atoms with Gasteiger partial charge in [-0.25, -0.2) is 18.1 Å². The molecular formula is C14H19N3O3S. The van der Waals surface area contributed by atoms with Crippen LogP contribution in [-0.2, 0) is 23.1 Å². The van der Waals surface area contributed by atoms with Crippen LogP contribution in [0.1, 0.15) is 22.5 Å². The van der Waals surface area contributed by atoms with E-state index in [0.29, 0.717) is 17.5 Å². The van der Waals surface area contributed by atoms with Crippen molar-refractivity contribution in [3.63, 3.8) is 0 Å². The molecule has 0 aliphatic heterocycles. The van der Waals surface area contributed by atoms with E-state index in [1.54, 1.807) is 25.4 Å². The van der Waals surface area contributed by atoms with Crippen LogP contribution in [0.25, 0.3) is 0 Å². The topological polar surface area (TPSA) is 95.1 Å². The standard InChI is InChI=1S/C14H19N3O3S/c1-10-7-11(2)13(8-12(10)9-18)21(19,20)17-4-3-14-15-5-6-16-14/h5-8,17-18H,3-4,9H2,1-2H3,(H,15,16). The molecule has 0 radical (unpaired) electrons. The molecule has 1 aromatic carbocycles. The van der Waals surface area contributed by atoms with Crippen molar-refractivity contribution in [2.75, 3.05) is 6.54 Å². The Kier molecular flexibility index (Phi) is 4.76. The maximum absolute atomic E-state index is 12.3. The number of aliphatic hydroxyl groups is 1. The van der Waals surface area contributed by atoms with E-state index in [1.807, 2.05) is 6.92 Å². The highest BCUT2D eigenvalue weighted by atomic mass is 32.2. The number of aliphatic hydroxyl groups excluding tert-OH is 1. The van der Waals surface area contributed by atoms with E-state index in [-0.39, 0.29) is 18.0 Å². The molecule has 0 atom stereocenters. The average molecular weight is 309 g/mol. The second-order valence-electron chi connectivity index (χ2n) is 4.89. The Bertz CT molecular complexity index is 709. The first-order valence-corrected chi connectivity index (χ1v) is 8.11. The van der Waals surface area contributed by atoms with E-state index in [0.717, 1.165) is 11.4 Å². The number of aromatic nitrogens is 2. The number of aromatic amines is 1. The highest BCUT2D eigenvalue weighted by Gasteiger charge is 2.18. The van der Waals surface area contributed by atoms with Crippen molar-refractivity contribution in [3.8, 4) is 0 Å². The maximum Gasteiger partial charge on any atom is 0.240 e. The Balaban J connectivity index is 2.15. The fourth-order valence-corrected chi connectivity index (χ4v) is 3.46. The number of nitrogens with zero attached hydrogens (tertiary/aromatic N) is 1. The number of aryl methyl sites for hydroxylation is 2. The molecule has 114 valence electrons. The summed E-state index contributed by atoms with van der Waals surface area (Å²) in [6.07, 6.45) is 3.81. The predicted molar refractivity (Wildman–Crippen MR) is 79.3 cm³/mol. The van der Waals surface area contributed by atoms with Crippen LogP contribution in [0, 0.1) is 13.8 Å². The number of hydrogen-bond acceptors (Lipinski definition) is 4. The lowest BCUT2D eigenvalue weighted by atomic mass is 10.1. The minimum Gasteiger partial charge on any atom is -0.392 e. The molecular weight excluding hydrogens is 290 g/mol. The summed E-state index contributed by atoms with van der Waals surface area (Å²) in [6, 6.07) is 3.30. The van der Waals surface area contributed by atoms with Crippen molar-refractivity contribution >= 4 is 10.0 Å². The summed E-state index contributed by atoms with van der Waals surface area (Å²) in [5.74, 6) is 0.731. The summed E-state index contributed by atoms with van der Waals surface area (Å²) < 4.78 is 27.2. The first kappa shape index (κ1) is 15.7. The molecule has 3 N–H and O–H groups in total. The van der Waals surface area contributed by atoms with Crippen LogP contribution >= 0.6 is 0 Å². The Morgan fingerprint density at radius 3 is 2.67 bits per heavy atom. The third-order valence-corrected chi connectivity index (χ3v) is 4.91. The Morgan fingerprint density at radius 2 is 2.05 bits per heavy atom. The van der Waals surface area contributed by atoms with Crippen molar-refractivity contribution in [1.29, 1.82) is 0 Å². The molecule has 0 amide bonds. The summed E-state index contributed by atoms with van der Waals surface area (Å²) in [6.45, 7) is 3.67. The van der Waals surface area contributed by atoms with Crippen LogP contribution in [0.3, 0.4) is 0 Å². The molecule has 0 spiro atoms. The van der Waals surface area contributed by atoms with Gasteiger partial charge < -0.3 is 10.1 Å². The van der Waals surface area contributed by atoms with Gasteiger partial charge in [0.2, 0.25) is 10.0 Å². The van der Waals surface area contributed by atoms with Crippen LogP contribution in [0.4, 0.5) is 0 Å². The van der Waals surface area contributed by atoms with E-state index in [2.05, 4.69) is 14.7 Å². The highest BCUT2D eigenvalue weighted by Crippen LogP contribution is 2.20. The van der Waals surface area contributed by atoms with E-state index >= 15 is 0 Å². The maximum atomic E-state index is 12.3. The molecule has 0 saturated heterocycles. The third-order valence-electron chi connectivity index (χ3n) is 3.30. The minimum atomic E-state index is -3.60. The van der Waals surface area contributed by atoms with Crippen molar-refractivity contribution < 1.29 is 13.5 Å². The second kappa shape index (κ2) is 6.38. The van der Waals surface area contributed by atoms with Gasteiger partial charge in [-0.1, -0.05) is 6.07 Å². The molecule has 7 heteroatoms. The number of rotatable bonds is 6. The molecule has 6 nitrogen and oxygen atoms in total. The molecule has 1 aromatic heterocycles. The van der Waals surface area contributed by atoms with Gasteiger partial charge in [0.05, 0.1) is 11.5 Å². The van der Waals surface area contributed by atoms with Gasteiger partial charge in [-0.15, -0.1) is 0 Å². The predicted octanol–water partition coefficient (Wildman–Crippen LogP) is 1.04. The third kappa shape index (κ3) is 3.69. The van der Waals surface area contributed by atoms with Gasteiger partial charge in [0.1, 0.15) is 5.82 Å². The summed E-state index contributed by atoms with van der Waals surface area (Å²) in [5.41, 5.74) is 2.16. The smallest absolute Gasteiger partial charge is 0.240 e. The molecule has 1 heterocycles. The van der Waals surface area contributed by atoms with Gasteiger partial charge in [0.15, 0.2) is 0 Å². The van der Waals surface area contributed by atoms with Gasteiger partial charge in [0.25, 0.3) is 0 Å². The quantitative estimate of drug-likeness (QED) is 0.743. The molecule has 0 saturated carbocycles. The van der Waals surface area contributed by atoms with Gasteiger partial charge in [-0.05, 0) is 36.6 Å². The molecule has 2 rings (SSSR count). The fourth-order valence-electron chi connectivity index (χ4n) is 2.15. The number of hydrogen-bond donors (Lipinski definition) is 3. The van der Waals surface area contributed by atoms with Crippen LogP contribution in [0.5, 0.6) is 0 Å².